The summed E-state index contributed by atoms with van der Waals surface area (Å²) in [5, 5.41) is 0. The summed E-state index contributed by atoms with van der Waals surface area (Å²) in [4.78, 5) is 41.3. The third-order valence-corrected chi connectivity index (χ3v) is 5.72. The van der Waals surface area contributed by atoms with Crippen LogP contribution in [0.3, 0.4) is 0 Å². The van der Waals surface area contributed by atoms with E-state index >= 15 is 0 Å². The second-order valence-electron chi connectivity index (χ2n) is 8.62. The number of ketones is 1. The van der Waals surface area contributed by atoms with Crippen LogP contribution in [0.1, 0.15) is 53.0 Å². The SMILES string of the molecule is COc1cccc(C(=O)N2CCN(C(=O)CCC(=O)c3ccc(CC(C)C)cc3)CC2)c1. The highest BCUT2D eigenvalue weighted by Gasteiger charge is 2.25. The Kier molecular flexibility index (Phi) is 8.03. The van der Waals surface area contributed by atoms with Gasteiger partial charge >= 0.3 is 0 Å². The van der Waals surface area contributed by atoms with E-state index in [1.165, 1.54) is 5.56 Å². The highest BCUT2D eigenvalue weighted by molar-refractivity contribution is 5.98. The third-order valence-electron chi connectivity index (χ3n) is 5.72. The van der Waals surface area contributed by atoms with E-state index in [1.54, 1.807) is 41.2 Å². The molecule has 0 atom stereocenters. The molecule has 0 radical (unpaired) electrons. The summed E-state index contributed by atoms with van der Waals surface area (Å²) in [6, 6.07) is 14.8. The standard InChI is InChI=1S/C26H32N2O4/c1-19(2)17-20-7-9-21(10-8-20)24(29)11-12-25(30)27-13-15-28(16-14-27)26(31)22-5-4-6-23(18-22)32-3/h4-10,18-19H,11-17H2,1-3H3. The predicted octanol–water partition coefficient (Wildman–Crippen LogP) is 3.84. The van der Waals surface area contributed by atoms with E-state index < -0.39 is 0 Å². The molecule has 0 unspecified atom stereocenters. The van der Waals surface area contributed by atoms with Gasteiger partial charge in [-0.3, -0.25) is 14.4 Å². The van der Waals surface area contributed by atoms with Crippen molar-refractivity contribution in [1.82, 2.24) is 9.80 Å². The average molecular weight is 437 g/mol. The summed E-state index contributed by atoms with van der Waals surface area (Å²) in [6.45, 7) is 6.25. The maximum Gasteiger partial charge on any atom is 0.254 e. The number of piperazine rings is 1. The van der Waals surface area contributed by atoms with Gasteiger partial charge in [0.15, 0.2) is 5.78 Å². The van der Waals surface area contributed by atoms with Crippen molar-refractivity contribution in [3.63, 3.8) is 0 Å². The molecule has 1 fully saturated rings. The quantitative estimate of drug-likeness (QED) is 0.590. The molecule has 1 saturated heterocycles. The normalized spacial score (nSPS) is 13.9. The molecule has 6 nitrogen and oxygen atoms in total. The van der Waals surface area contributed by atoms with E-state index in [2.05, 4.69) is 13.8 Å². The Hall–Kier alpha value is -3.15. The third kappa shape index (κ3) is 6.19. The molecular weight excluding hydrogens is 404 g/mol. The zero-order valence-corrected chi connectivity index (χ0v) is 19.2. The number of hydrogen-bond donors (Lipinski definition) is 0. The molecule has 6 heteroatoms. The van der Waals surface area contributed by atoms with Gasteiger partial charge in [0, 0.05) is 50.1 Å². The number of hydrogen-bond acceptors (Lipinski definition) is 4. The second kappa shape index (κ2) is 10.9. The lowest BCUT2D eigenvalue weighted by molar-refractivity contribution is -0.132. The Bertz CT molecular complexity index is 945. The molecule has 2 aromatic rings. The first-order valence-electron chi connectivity index (χ1n) is 11.2. The van der Waals surface area contributed by atoms with Crippen LogP contribution >= 0.6 is 0 Å². The summed E-state index contributed by atoms with van der Waals surface area (Å²) in [5.74, 6) is 1.10. The molecule has 170 valence electrons. The van der Waals surface area contributed by atoms with E-state index in [4.69, 9.17) is 4.74 Å². The molecule has 32 heavy (non-hydrogen) atoms. The fraction of sp³-hybridized carbons (Fsp3) is 0.423. The van der Waals surface area contributed by atoms with Gasteiger partial charge in [-0.25, -0.2) is 0 Å². The monoisotopic (exact) mass is 436 g/mol. The molecule has 2 aromatic carbocycles. The van der Waals surface area contributed by atoms with Crippen LogP contribution < -0.4 is 4.74 Å². The minimum atomic E-state index is -0.0629. The van der Waals surface area contributed by atoms with E-state index in [1.807, 2.05) is 24.3 Å². The Balaban J connectivity index is 1.46. The molecule has 1 heterocycles. The maximum atomic E-state index is 12.7. The van der Waals surface area contributed by atoms with Crippen molar-refractivity contribution in [3.8, 4) is 5.75 Å². The number of nitrogens with zero attached hydrogens (tertiary/aromatic N) is 2. The van der Waals surface area contributed by atoms with Crippen LogP contribution in [-0.4, -0.2) is 60.7 Å². The molecule has 0 bridgehead atoms. The van der Waals surface area contributed by atoms with E-state index in [9.17, 15) is 14.4 Å². The van der Waals surface area contributed by atoms with Crippen LogP contribution in [0.2, 0.25) is 0 Å². The summed E-state index contributed by atoms with van der Waals surface area (Å²) in [5.41, 5.74) is 2.45. The number of amides is 2. The van der Waals surface area contributed by atoms with Gasteiger partial charge in [0.25, 0.3) is 5.91 Å². The molecule has 3 rings (SSSR count). The number of ether oxygens (including phenoxy) is 1. The van der Waals surface area contributed by atoms with Crippen molar-refractivity contribution in [3.05, 3.63) is 65.2 Å². The van der Waals surface area contributed by atoms with E-state index in [0.29, 0.717) is 49.0 Å². The summed E-state index contributed by atoms with van der Waals surface area (Å²) in [7, 11) is 1.57. The lowest BCUT2D eigenvalue weighted by Crippen LogP contribution is -2.50. The molecule has 0 spiro atoms. The van der Waals surface area contributed by atoms with Crippen LogP contribution in [0.15, 0.2) is 48.5 Å². The fourth-order valence-electron chi connectivity index (χ4n) is 3.92. The molecule has 0 aromatic heterocycles. The predicted molar refractivity (Wildman–Crippen MR) is 124 cm³/mol. The zero-order valence-electron chi connectivity index (χ0n) is 19.2. The molecular formula is C26H32N2O4. The average Bonchev–Trinajstić information content (AvgIpc) is 2.82. The number of carbonyl (C=O) groups is 3. The Morgan fingerprint density at radius 2 is 1.53 bits per heavy atom. The van der Waals surface area contributed by atoms with Crippen LogP contribution in [-0.2, 0) is 11.2 Å². The minimum Gasteiger partial charge on any atom is -0.497 e. The van der Waals surface area contributed by atoms with Gasteiger partial charge in [0.05, 0.1) is 7.11 Å². The summed E-state index contributed by atoms with van der Waals surface area (Å²) >= 11 is 0. The van der Waals surface area contributed by atoms with Gasteiger partial charge in [-0.2, -0.15) is 0 Å². The van der Waals surface area contributed by atoms with Gasteiger partial charge in [-0.1, -0.05) is 44.2 Å². The first kappa shape index (κ1) is 23.5. The molecule has 1 aliphatic rings. The second-order valence-corrected chi connectivity index (χ2v) is 8.62. The van der Waals surface area contributed by atoms with E-state index in [0.717, 1.165) is 6.42 Å². The molecule has 1 aliphatic heterocycles. The summed E-state index contributed by atoms with van der Waals surface area (Å²) < 4.78 is 5.19. The molecule has 0 aliphatic carbocycles. The molecule has 0 N–H and O–H groups in total. The van der Waals surface area contributed by atoms with Crippen LogP contribution in [0.5, 0.6) is 5.75 Å². The minimum absolute atomic E-state index is 0.0127. The molecule has 0 saturated carbocycles. The first-order chi connectivity index (χ1) is 15.4. The number of Topliss-reactive ketones (excluding diaryl/α,β-unsaturated/α-hetero) is 1. The van der Waals surface area contributed by atoms with Crippen molar-refractivity contribution in [2.75, 3.05) is 33.3 Å². The van der Waals surface area contributed by atoms with Crippen LogP contribution in [0.25, 0.3) is 0 Å². The Morgan fingerprint density at radius 1 is 0.875 bits per heavy atom. The van der Waals surface area contributed by atoms with Gasteiger partial charge in [-0.15, -0.1) is 0 Å². The number of rotatable bonds is 8. The highest BCUT2D eigenvalue weighted by Crippen LogP contribution is 2.17. The molecule has 2 amide bonds. The highest BCUT2D eigenvalue weighted by atomic mass is 16.5. The van der Waals surface area contributed by atoms with Gasteiger partial charge in [0.1, 0.15) is 5.75 Å². The van der Waals surface area contributed by atoms with Crippen molar-refractivity contribution < 1.29 is 19.1 Å². The van der Waals surface area contributed by atoms with Crippen LogP contribution in [0, 0.1) is 5.92 Å². The fourth-order valence-corrected chi connectivity index (χ4v) is 3.92. The van der Waals surface area contributed by atoms with Crippen molar-refractivity contribution >= 4 is 17.6 Å². The zero-order chi connectivity index (χ0) is 23.1. The first-order valence-corrected chi connectivity index (χ1v) is 11.2. The van der Waals surface area contributed by atoms with Crippen molar-refractivity contribution in [2.24, 2.45) is 5.92 Å². The number of methoxy groups -OCH3 is 1. The largest absolute Gasteiger partial charge is 0.497 e. The van der Waals surface area contributed by atoms with Crippen LogP contribution in [0.4, 0.5) is 0 Å². The lowest BCUT2D eigenvalue weighted by atomic mass is 9.99. The number of benzene rings is 2. The number of carbonyl (C=O) groups excluding carboxylic acids is 3. The van der Waals surface area contributed by atoms with E-state index in [-0.39, 0.29) is 30.4 Å². The smallest absolute Gasteiger partial charge is 0.254 e. The topological polar surface area (TPSA) is 66.9 Å². The summed E-state index contributed by atoms with van der Waals surface area (Å²) in [6.07, 6.45) is 1.38. The van der Waals surface area contributed by atoms with Crippen molar-refractivity contribution in [1.29, 1.82) is 0 Å². The van der Waals surface area contributed by atoms with Crippen molar-refractivity contribution in [2.45, 2.75) is 33.1 Å². The van der Waals surface area contributed by atoms with Gasteiger partial charge in [0.2, 0.25) is 5.91 Å². The Morgan fingerprint density at radius 3 is 2.16 bits per heavy atom. The van der Waals surface area contributed by atoms with Gasteiger partial charge < -0.3 is 14.5 Å². The lowest BCUT2D eigenvalue weighted by Gasteiger charge is -2.35. The maximum absolute atomic E-state index is 12.7. The Labute approximate surface area is 190 Å². The van der Waals surface area contributed by atoms with Gasteiger partial charge in [-0.05, 0) is 36.1 Å².